The zero-order valence-electron chi connectivity index (χ0n) is 12.2. The fraction of sp³-hybridized carbons (Fsp3) is 0.263. The molecular weight excluding hydrogens is 274 g/mol. The van der Waals surface area contributed by atoms with Crippen LogP contribution in [0.3, 0.4) is 0 Å². The van der Waals surface area contributed by atoms with Crippen molar-refractivity contribution < 1.29 is 9.59 Å². The van der Waals surface area contributed by atoms with Gasteiger partial charge in [-0.15, -0.1) is 0 Å². The van der Waals surface area contributed by atoms with Gasteiger partial charge in [-0.05, 0) is 23.5 Å². The molecular formula is C19H17NO2. The molecule has 3 nitrogen and oxygen atoms in total. The summed E-state index contributed by atoms with van der Waals surface area (Å²) in [5.74, 6) is 0.174. The highest BCUT2D eigenvalue weighted by Gasteiger charge is 2.66. The molecule has 1 saturated carbocycles. The lowest BCUT2D eigenvalue weighted by Gasteiger charge is -2.15. The second-order valence-electron chi connectivity index (χ2n) is 6.27. The number of likely N-dealkylation sites (tertiary alicyclic amines) is 1. The Bertz CT molecular complexity index is 726. The van der Waals surface area contributed by atoms with Crippen molar-refractivity contribution in [2.75, 3.05) is 0 Å². The Hall–Kier alpha value is -2.42. The lowest BCUT2D eigenvalue weighted by Crippen LogP contribution is -2.30. The van der Waals surface area contributed by atoms with E-state index in [1.54, 1.807) is 0 Å². The van der Waals surface area contributed by atoms with E-state index in [1.807, 2.05) is 48.5 Å². The van der Waals surface area contributed by atoms with E-state index in [-0.39, 0.29) is 17.7 Å². The van der Waals surface area contributed by atoms with Crippen molar-refractivity contribution in [3.8, 4) is 0 Å². The van der Waals surface area contributed by atoms with Crippen LogP contribution in [0.15, 0.2) is 60.7 Å². The number of nitrogens with zero attached hydrogens (tertiary/aromatic N) is 1. The van der Waals surface area contributed by atoms with Gasteiger partial charge in [0.2, 0.25) is 11.8 Å². The molecule has 0 N–H and O–H groups in total. The smallest absolute Gasteiger partial charge is 0.236 e. The average molecular weight is 291 g/mol. The number of hydrogen-bond acceptors (Lipinski definition) is 2. The van der Waals surface area contributed by atoms with E-state index >= 15 is 0 Å². The maximum Gasteiger partial charge on any atom is 0.236 e. The first-order chi connectivity index (χ1) is 10.7. The molecule has 0 radical (unpaired) electrons. The van der Waals surface area contributed by atoms with Crippen molar-refractivity contribution in [1.29, 1.82) is 0 Å². The molecule has 0 unspecified atom stereocenters. The second kappa shape index (κ2) is 4.80. The fourth-order valence-electron chi connectivity index (χ4n) is 3.61. The van der Waals surface area contributed by atoms with E-state index in [9.17, 15) is 9.59 Å². The standard InChI is InChI=1S/C19H17NO2/c21-17-12-19(11-16(19)15-9-5-2-6-10-15)18(22)20(17)13-14-7-3-1-4-8-14/h1-10,16H,11-13H2/t16-,19-/m0/s1. The first kappa shape index (κ1) is 13.3. The molecule has 1 heterocycles. The van der Waals surface area contributed by atoms with Crippen LogP contribution in [0.2, 0.25) is 0 Å². The largest absolute Gasteiger partial charge is 0.278 e. The third-order valence-electron chi connectivity index (χ3n) is 4.90. The van der Waals surface area contributed by atoms with Gasteiger partial charge in [0.25, 0.3) is 0 Å². The monoisotopic (exact) mass is 291 g/mol. The second-order valence-corrected chi connectivity index (χ2v) is 6.27. The molecule has 1 saturated heterocycles. The van der Waals surface area contributed by atoms with Crippen LogP contribution >= 0.6 is 0 Å². The number of imide groups is 1. The SMILES string of the molecule is O=C1C[C@]2(C[C@H]2c2ccccc2)C(=O)N1Cc1ccccc1. The summed E-state index contributed by atoms with van der Waals surface area (Å²) in [6.07, 6.45) is 1.16. The molecule has 2 aliphatic rings. The summed E-state index contributed by atoms with van der Waals surface area (Å²) in [4.78, 5) is 26.6. The van der Waals surface area contributed by atoms with Crippen molar-refractivity contribution in [2.45, 2.75) is 25.3 Å². The molecule has 1 spiro atoms. The Morgan fingerprint density at radius 1 is 0.955 bits per heavy atom. The number of rotatable bonds is 3. The number of hydrogen-bond donors (Lipinski definition) is 0. The van der Waals surface area contributed by atoms with E-state index in [0.29, 0.717) is 13.0 Å². The Kier molecular flexibility index (Phi) is 2.89. The highest BCUT2D eigenvalue weighted by molar-refractivity contribution is 6.08. The topological polar surface area (TPSA) is 37.4 Å². The van der Waals surface area contributed by atoms with Gasteiger partial charge < -0.3 is 0 Å². The Morgan fingerprint density at radius 3 is 2.27 bits per heavy atom. The van der Waals surface area contributed by atoms with E-state index in [2.05, 4.69) is 12.1 Å². The molecule has 4 rings (SSSR count). The first-order valence-electron chi connectivity index (χ1n) is 7.64. The van der Waals surface area contributed by atoms with E-state index in [0.717, 1.165) is 12.0 Å². The van der Waals surface area contributed by atoms with Crippen molar-refractivity contribution in [2.24, 2.45) is 5.41 Å². The highest BCUT2D eigenvalue weighted by Crippen LogP contribution is 2.65. The molecule has 1 aliphatic heterocycles. The minimum absolute atomic E-state index is 0.00945. The first-order valence-corrected chi connectivity index (χ1v) is 7.64. The fourth-order valence-corrected chi connectivity index (χ4v) is 3.61. The molecule has 22 heavy (non-hydrogen) atoms. The van der Waals surface area contributed by atoms with Gasteiger partial charge in [-0.2, -0.15) is 0 Å². The summed E-state index contributed by atoms with van der Waals surface area (Å²) in [7, 11) is 0. The van der Waals surface area contributed by atoms with Gasteiger partial charge in [-0.3, -0.25) is 14.5 Å². The molecule has 0 bridgehead atoms. The van der Waals surface area contributed by atoms with Gasteiger partial charge in [0.15, 0.2) is 0 Å². The predicted molar refractivity (Wildman–Crippen MR) is 82.8 cm³/mol. The molecule has 2 amide bonds. The molecule has 3 heteroatoms. The van der Waals surface area contributed by atoms with E-state index in [1.165, 1.54) is 10.5 Å². The van der Waals surface area contributed by atoms with Crippen LogP contribution in [0.5, 0.6) is 0 Å². The van der Waals surface area contributed by atoms with Crippen LogP contribution in [-0.4, -0.2) is 16.7 Å². The molecule has 2 aromatic rings. The van der Waals surface area contributed by atoms with E-state index in [4.69, 9.17) is 0 Å². The maximum atomic E-state index is 12.8. The van der Waals surface area contributed by atoms with Gasteiger partial charge in [-0.1, -0.05) is 60.7 Å². The summed E-state index contributed by atoms with van der Waals surface area (Å²) < 4.78 is 0. The molecule has 2 atom stereocenters. The Labute approximate surface area is 129 Å². The third-order valence-corrected chi connectivity index (χ3v) is 4.90. The van der Waals surface area contributed by atoms with Gasteiger partial charge >= 0.3 is 0 Å². The van der Waals surface area contributed by atoms with Crippen LogP contribution in [0.4, 0.5) is 0 Å². The minimum Gasteiger partial charge on any atom is -0.278 e. The lowest BCUT2D eigenvalue weighted by molar-refractivity contribution is -0.140. The van der Waals surface area contributed by atoms with Crippen LogP contribution in [0.25, 0.3) is 0 Å². The third kappa shape index (κ3) is 1.97. The van der Waals surface area contributed by atoms with Crippen molar-refractivity contribution in [1.82, 2.24) is 4.90 Å². The summed E-state index contributed by atoms with van der Waals surface area (Å²) in [5, 5.41) is 0. The summed E-state index contributed by atoms with van der Waals surface area (Å²) in [6, 6.07) is 19.8. The van der Waals surface area contributed by atoms with E-state index < -0.39 is 5.41 Å². The van der Waals surface area contributed by atoms with Gasteiger partial charge in [-0.25, -0.2) is 0 Å². The molecule has 2 fully saturated rings. The number of amides is 2. The number of carbonyl (C=O) groups excluding carboxylic acids is 2. The Balaban J connectivity index is 1.56. The van der Waals surface area contributed by atoms with Crippen LogP contribution in [0.1, 0.15) is 29.9 Å². The molecule has 1 aliphatic carbocycles. The van der Waals surface area contributed by atoms with Crippen LogP contribution in [0, 0.1) is 5.41 Å². The van der Waals surface area contributed by atoms with Crippen molar-refractivity contribution in [3.63, 3.8) is 0 Å². The average Bonchev–Trinajstić information content (AvgIpc) is 3.23. The van der Waals surface area contributed by atoms with Crippen LogP contribution in [-0.2, 0) is 16.1 Å². The quantitative estimate of drug-likeness (QED) is 0.815. The summed E-state index contributed by atoms with van der Waals surface area (Å²) in [5.41, 5.74) is 1.70. The highest BCUT2D eigenvalue weighted by atomic mass is 16.2. The lowest BCUT2D eigenvalue weighted by atomic mass is 9.97. The summed E-state index contributed by atoms with van der Waals surface area (Å²) >= 11 is 0. The predicted octanol–water partition coefficient (Wildman–Crippen LogP) is 3.12. The van der Waals surface area contributed by atoms with Gasteiger partial charge in [0.05, 0.1) is 12.0 Å². The molecule has 110 valence electrons. The normalized spacial score (nSPS) is 26.7. The zero-order chi connectivity index (χ0) is 15.2. The maximum absolute atomic E-state index is 12.8. The minimum atomic E-state index is -0.465. The number of benzene rings is 2. The van der Waals surface area contributed by atoms with Gasteiger partial charge in [0.1, 0.15) is 0 Å². The zero-order valence-corrected chi connectivity index (χ0v) is 12.2. The molecule has 0 aromatic heterocycles. The Morgan fingerprint density at radius 2 is 1.59 bits per heavy atom. The van der Waals surface area contributed by atoms with Gasteiger partial charge in [0, 0.05) is 6.42 Å². The van der Waals surface area contributed by atoms with Crippen molar-refractivity contribution in [3.05, 3.63) is 71.8 Å². The molecule has 2 aromatic carbocycles. The number of carbonyl (C=O) groups is 2. The van der Waals surface area contributed by atoms with Crippen molar-refractivity contribution >= 4 is 11.8 Å². The summed E-state index contributed by atoms with van der Waals surface area (Å²) in [6.45, 7) is 0.391. The van der Waals surface area contributed by atoms with Crippen LogP contribution < -0.4 is 0 Å².